The molecule has 2 aromatic rings. The van der Waals surface area contributed by atoms with Crippen molar-refractivity contribution in [3.05, 3.63) is 64.7 Å². The van der Waals surface area contributed by atoms with Crippen LogP contribution in [0.4, 0.5) is 0 Å². The molecule has 0 radical (unpaired) electrons. The van der Waals surface area contributed by atoms with E-state index in [1.54, 1.807) is 17.0 Å². The maximum Gasteiger partial charge on any atom is 0.257 e. The third-order valence-corrected chi connectivity index (χ3v) is 7.17. The number of hydrogen-bond donors (Lipinski definition) is 1. The molecule has 0 saturated carbocycles. The Bertz CT molecular complexity index is 1040. The van der Waals surface area contributed by atoms with E-state index in [9.17, 15) is 14.4 Å². The maximum absolute atomic E-state index is 13.3. The molecular weight excluding hydrogens is 454 g/mol. The number of nitrogens with two attached hydrogens (primary N) is 1. The van der Waals surface area contributed by atoms with E-state index in [0.717, 1.165) is 5.56 Å². The summed E-state index contributed by atoms with van der Waals surface area (Å²) in [6, 6.07) is 14.7. The van der Waals surface area contributed by atoms with E-state index in [-0.39, 0.29) is 36.2 Å². The molecule has 2 aliphatic heterocycles. The number of carbonyl (C=O) groups is 3. The molecule has 0 atom stereocenters. The van der Waals surface area contributed by atoms with Crippen molar-refractivity contribution in [3.63, 3.8) is 0 Å². The van der Waals surface area contributed by atoms with Crippen molar-refractivity contribution < 1.29 is 19.1 Å². The van der Waals surface area contributed by atoms with Crippen LogP contribution in [0.1, 0.15) is 41.6 Å². The van der Waals surface area contributed by atoms with Gasteiger partial charge in [0.2, 0.25) is 11.8 Å². The lowest BCUT2D eigenvalue weighted by Gasteiger charge is -2.37. The highest BCUT2D eigenvalue weighted by Gasteiger charge is 2.33. The summed E-state index contributed by atoms with van der Waals surface area (Å²) in [7, 11) is 0. The molecule has 34 heavy (non-hydrogen) atoms. The van der Waals surface area contributed by atoms with E-state index < -0.39 is 0 Å². The zero-order valence-electron chi connectivity index (χ0n) is 19.1. The number of hydrogen-bond acceptors (Lipinski definition) is 4. The summed E-state index contributed by atoms with van der Waals surface area (Å²) in [4.78, 5) is 41.2. The van der Waals surface area contributed by atoms with Gasteiger partial charge in [0, 0.05) is 48.6 Å². The third-order valence-electron chi connectivity index (χ3n) is 6.80. The third kappa shape index (κ3) is 5.53. The Kier molecular flexibility index (Phi) is 7.73. The van der Waals surface area contributed by atoms with Crippen molar-refractivity contribution in [1.82, 2.24) is 9.80 Å². The Hall–Kier alpha value is -3.06. The van der Waals surface area contributed by atoms with Crippen LogP contribution in [0, 0.1) is 11.8 Å². The van der Waals surface area contributed by atoms with Crippen LogP contribution in [0.5, 0.6) is 5.75 Å². The lowest BCUT2D eigenvalue weighted by molar-refractivity contribution is -0.139. The van der Waals surface area contributed by atoms with Crippen LogP contribution >= 0.6 is 11.6 Å². The number of halogens is 1. The van der Waals surface area contributed by atoms with E-state index in [0.29, 0.717) is 68.2 Å². The largest absolute Gasteiger partial charge is 0.488 e. The van der Waals surface area contributed by atoms with Gasteiger partial charge in [-0.05, 0) is 43.9 Å². The number of piperidine rings is 2. The summed E-state index contributed by atoms with van der Waals surface area (Å²) in [6.45, 7) is 2.45. The highest BCUT2D eigenvalue weighted by molar-refractivity contribution is 6.31. The Morgan fingerprint density at radius 1 is 0.853 bits per heavy atom. The monoisotopic (exact) mass is 483 g/mol. The van der Waals surface area contributed by atoms with Crippen molar-refractivity contribution in [2.45, 2.75) is 32.3 Å². The maximum atomic E-state index is 13.3. The first-order valence-electron chi connectivity index (χ1n) is 11.8. The topological polar surface area (TPSA) is 92.9 Å². The van der Waals surface area contributed by atoms with Crippen LogP contribution in [0.3, 0.4) is 0 Å². The van der Waals surface area contributed by atoms with E-state index in [4.69, 9.17) is 22.1 Å². The molecule has 2 heterocycles. The van der Waals surface area contributed by atoms with Gasteiger partial charge in [-0.2, -0.15) is 0 Å². The van der Waals surface area contributed by atoms with Gasteiger partial charge in [-0.1, -0.05) is 41.9 Å². The highest BCUT2D eigenvalue weighted by Crippen LogP contribution is 2.27. The Morgan fingerprint density at radius 3 is 2.12 bits per heavy atom. The lowest BCUT2D eigenvalue weighted by atomic mass is 9.91. The molecule has 0 aromatic heterocycles. The standard InChI is InChI=1S/C26H30ClN3O4/c27-22-7-3-1-5-20(22)17-34-23-8-4-2-6-21(23)26(33)30-15-11-19(12-16-30)25(32)29-13-9-18(10-14-29)24(28)31/h1-8,18-19H,9-17H2,(H2,28,31). The molecule has 180 valence electrons. The Morgan fingerprint density at radius 2 is 1.44 bits per heavy atom. The molecule has 3 amide bonds. The molecule has 0 bridgehead atoms. The van der Waals surface area contributed by atoms with Gasteiger partial charge in [-0.15, -0.1) is 0 Å². The molecule has 2 N–H and O–H groups in total. The van der Waals surface area contributed by atoms with Crippen LogP contribution in [-0.4, -0.2) is 53.7 Å². The average molecular weight is 484 g/mol. The molecule has 2 aliphatic rings. The second kappa shape index (κ2) is 10.9. The summed E-state index contributed by atoms with van der Waals surface area (Å²) in [6.07, 6.45) is 2.51. The fourth-order valence-corrected chi connectivity index (χ4v) is 4.87. The first-order chi connectivity index (χ1) is 16.4. The van der Waals surface area contributed by atoms with Gasteiger partial charge >= 0.3 is 0 Å². The van der Waals surface area contributed by atoms with Gasteiger partial charge in [0.05, 0.1) is 5.56 Å². The minimum Gasteiger partial charge on any atom is -0.488 e. The van der Waals surface area contributed by atoms with E-state index in [1.807, 2.05) is 41.3 Å². The van der Waals surface area contributed by atoms with Gasteiger partial charge in [0.25, 0.3) is 5.91 Å². The minimum absolute atomic E-state index is 0.0945. The van der Waals surface area contributed by atoms with Crippen molar-refractivity contribution in [3.8, 4) is 5.75 Å². The zero-order chi connectivity index (χ0) is 24.1. The normalized spacial score (nSPS) is 17.4. The van der Waals surface area contributed by atoms with Crippen LogP contribution in [0.15, 0.2) is 48.5 Å². The number of rotatable bonds is 6. The number of primary amides is 1. The van der Waals surface area contributed by atoms with Crippen molar-refractivity contribution in [2.24, 2.45) is 17.6 Å². The summed E-state index contributed by atoms with van der Waals surface area (Å²) in [5, 5.41) is 0.622. The number of para-hydroxylation sites is 1. The number of carbonyl (C=O) groups excluding carboxylic acids is 3. The number of benzene rings is 2. The first kappa shape index (κ1) is 24.1. The molecule has 4 rings (SSSR count). The van der Waals surface area contributed by atoms with Crippen molar-refractivity contribution >= 4 is 29.3 Å². The molecule has 0 spiro atoms. The van der Waals surface area contributed by atoms with Gasteiger partial charge in [-0.25, -0.2) is 0 Å². The first-order valence-corrected chi connectivity index (χ1v) is 12.1. The van der Waals surface area contributed by atoms with Gasteiger partial charge in [0.15, 0.2) is 0 Å². The highest BCUT2D eigenvalue weighted by atomic mass is 35.5. The summed E-state index contributed by atoms with van der Waals surface area (Å²) < 4.78 is 5.95. The van der Waals surface area contributed by atoms with Gasteiger partial charge in [0.1, 0.15) is 12.4 Å². The molecular formula is C26H30ClN3O4. The van der Waals surface area contributed by atoms with Crippen LogP contribution in [0.2, 0.25) is 5.02 Å². The second-order valence-corrected chi connectivity index (χ2v) is 9.35. The van der Waals surface area contributed by atoms with Gasteiger partial charge in [-0.3, -0.25) is 14.4 Å². The Labute approximate surface area is 204 Å². The SMILES string of the molecule is NC(=O)C1CCN(C(=O)C2CCN(C(=O)c3ccccc3OCc3ccccc3Cl)CC2)CC1. The Balaban J connectivity index is 1.33. The lowest BCUT2D eigenvalue weighted by Crippen LogP contribution is -2.47. The summed E-state index contributed by atoms with van der Waals surface area (Å²) in [5.41, 5.74) is 6.75. The number of ether oxygens (including phenoxy) is 1. The summed E-state index contributed by atoms with van der Waals surface area (Å²) in [5.74, 6) is 0.0315. The quantitative estimate of drug-likeness (QED) is 0.680. The van der Waals surface area contributed by atoms with Crippen molar-refractivity contribution in [1.29, 1.82) is 0 Å². The van der Waals surface area contributed by atoms with Crippen LogP contribution in [0.25, 0.3) is 0 Å². The predicted octanol–water partition coefficient (Wildman–Crippen LogP) is 3.50. The van der Waals surface area contributed by atoms with Crippen LogP contribution < -0.4 is 10.5 Å². The smallest absolute Gasteiger partial charge is 0.257 e. The molecule has 2 saturated heterocycles. The molecule has 2 aromatic carbocycles. The summed E-state index contributed by atoms with van der Waals surface area (Å²) >= 11 is 6.22. The molecule has 8 heteroatoms. The van der Waals surface area contributed by atoms with Crippen LogP contribution in [-0.2, 0) is 16.2 Å². The number of nitrogens with zero attached hydrogens (tertiary/aromatic N) is 2. The van der Waals surface area contributed by atoms with E-state index in [2.05, 4.69) is 0 Å². The minimum atomic E-state index is -0.282. The molecule has 0 aliphatic carbocycles. The molecule has 0 unspecified atom stereocenters. The predicted molar refractivity (Wildman–Crippen MR) is 129 cm³/mol. The fraction of sp³-hybridized carbons (Fsp3) is 0.423. The molecule has 2 fully saturated rings. The van der Waals surface area contributed by atoms with Crippen molar-refractivity contribution in [2.75, 3.05) is 26.2 Å². The average Bonchev–Trinajstić information content (AvgIpc) is 2.88. The van der Waals surface area contributed by atoms with E-state index >= 15 is 0 Å². The fourth-order valence-electron chi connectivity index (χ4n) is 4.68. The molecule has 7 nitrogen and oxygen atoms in total. The number of amides is 3. The zero-order valence-corrected chi connectivity index (χ0v) is 19.9. The number of likely N-dealkylation sites (tertiary alicyclic amines) is 2. The van der Waals surface area contributed by atoms with Gasteiger partial charge < -0.3 is 20.3 Å². The second-order valence-electron chi connectivity index (χ2n) is 8.94. The van der Waals surface area contributed by atoms with E-state index in [1.165, 1.54) is 0 Å².